The number of H-pyrrole nitrogens is 1. The van der Waals surface area contributed by atoms with Crippen LogP contribution in [0, 0.1) is 17.8 Å². The zero-order chi connectivity index (χ0) is 72.8. The molecule has 0 spiro atoms. The van der Waals surface area contributed by atoms with Crippen LogP contribution in [0.1, 0.15) is 111 Å². The number of carboxylic acids is 1. The van der Waals surface area contributed by atoms with Crippen LogP contribution in [0.25, 0.3) is 0 Å². The first-order valence-electron chi connectivity index (χ1n) is 32.4. The number of hydrogen-bond donors (Lipinski definition) is 16. The molecule has 0 unspecified atom stereocenters. The summed E-state index contributed by atoms with van der Waals surface area (Å²) < 4.78 is 0. The highest BCUT2D eigenvalue weighted by molar-refractivity contribution is 8.00. The number of nitrogens with one attached hydrogen (secondary N) is 13. The first-order chi connectivity index (χ1) is 46.4. The molecule has 536 valence electrons. The zero-order valence-electron chi connectivity index (χ0n) is 56.6. The fourth-order valence-corrected chi connectivity index (χ4v) is 10.8. The third-order valence-corrected chi connectivity index (χ3v) is 17.2. The van der Waals surface area contributed by atoms with Gasteiger partial charge in [0.2, 0.25) is 70.9 Å². The molecule has 3 aromatic rings. The second kappa shape index (κ2) is 40.6. The van der Waals surface area contributed by atoms with E-state index in [0.29, 0.717) is 35.9 Å². The molecule has 0 aliphatic carbocycles. The van der Waals surface area contributed by atoms with Crippen molar-refractivity contribution in [2.24, 2.45) is 34.2 Å². The molecule has 0 radical (unpaired) electrons. The summed E-state index contributed by atoms with van der Waals surface area (Å²) in [6.07, 6.45) is 2.17. The number of carbonyl (C=O) groups excluding carboxylic acids is 13. The summed E-state index contributed by atoms with van der Waals surface area (Å²) >= 11 is 0.921. The molecule has 2 heterocycles. The van der Waals surface area contributed by atoms with Crippen LogP contribution in [0.5, 0.6) is 0 Å². The topological polar surface area (TPSA) is 497 Å². The minimum absolute atomic E-state index is 0.0118. The third-order valence-electron chi connectivity index (χ3n) is 16.2. The second-order valence-corrected chi connectivity index (χ2v) is 25.5. The molecule has 12 amide bonds. The summed E-state index contributed by atoms with van der Waals surface area (Å²) in [7, 11) is 0. The van der Waals surface area contributed by atoms with Gasteiger partial charge < -0.3 is 90.2 Å². The number of aliphatic carboxylic acids is 1. The molecule has 18 N–H and O–H groups in total. The van der Waals surface area contributed by atoms with E-state index in [0.717, 1.165) is 11.8 Å². The van der Waals surface area contributed by atoms with Crippen LogP contribution in [-0.4, -0.2) is 195 Å². The Labute approximate surface area is 573 Å². The van der Waals surface area contributed by atoms with E-state index in [1.807, 2.05) is 0 Å². The van der Waals surface area contributed by atoms with Crippen molar-refractivity contribution in [1.29, 1.82) is 0 Å². The standard InChI is InChI=1S/C65H95N17O15S/c1-10-35(5)52-63(96)73-39(9)56(89)82-53(36(6)11-2)64(97)79-47(27-42-29-68-33-70-42)61(94)77-48(28-50(85)86)59(92)72-37(7)54(87)80-51(34(3)4)62(95)78-46(26-41-21-16-13-17-22-41)60(93)76-44(23-18-24-69-65(66)67)57(90)74-43(30-83)31-98-32-49(84)75-45(25-40-19-14-12-15-20-40)58(91)71-38(8)55(88)81-52/h12-17,19-22,29-30,33-39,43-48,51-53H,10-11,18,23-28,31-32H2,1-9H3,(H,68,70)(H,71,91)(H,72,92)(H,73,96)(H,74,90)(H,75,84)(H,76,93)(H,77,94)(H,78,95)(H,79,97)(H,80,87)(H,81,88)(H,82,89)(H,85,86)(H4,66,67,69)/t35-,36-,37-,38-,39-,43+,44-,45-,46-,47-,48-,51-,52-,53-/m0/s1. The van der Waals surface area contributed by atoms with Crippen molar-refractivity contribution in [2.75, 3.05) is 18.1 Å². The molecule has 0 saturated carbocycles. The van der Waals surface area contributed by atoms with Crippen LogP contribution in [0.4, 0.5) is 0 Å². The Morgan fingerprint density at radius 3 is 1.43 bits per heavy atom. The Morgan fingerprint density at radius 2 is 0.969 bits per heavy atom. The fraction of sp³-hybridized carbons (Fsp3) is 0.538. The maximum Gasteiger partial charge on any atom is 0.305 e. The number of aromatic amines is 1. The van der Waals surface area contributed by atoms with Crippen LogP contribution in [-0.2, 0) is 86.4 Å². The number of aliphatic imine (C=N–C) groups is 1. The molecule has 0 bridgehead atoms. The number of guanidine groups is 1. The van der Waals surface area contributed by atoms with E-state index in [9.17, 15) is 72.2 Å². The largest absolute Gasteiger partial charge is 0.481 e. The quantitative estimate of drug-likeness (QED) is 0.0272. The molecule has 32 nitrogen and oxygen atoms in total. The number of nitrogens with zero attached hydrogens (tertiary/aromatic N) is 2. The van der Waals surface area contributed by atoms with E-state index in [-0.39, 0.29) is 56.1 Å². The van der Waals surface area contributed by atoms with Gasteiger partial charge in [0.05, 0.1) is 24.5 Å². The van der Waals surface area contributed by atoms with Crippen LogP contribution < -0.4 is 75.3 Å². The number of carboxylic acid groups (broad SMARTS) is 1. The van der Waals surface area contributed by atoms with Crippen molar-refractivity contribution in [3.8, 4) is 0 Å². The monoisotopic (exact) mass is 1390 g/mol. The minimum atomic E-state index is -1.89. The molecule has 2 aromatic carbocycles. The Kier molecular flexibility index (Phi) is 33.3. The van der Waals surface area contributed by atoms with Crippen LogP contribution in [0.3, 0.4) is 0 Å². The number of nitrogens with two attached hydrogens (primary N) is 2. The molecule has 1 fully saturated rings. The minimum Gasteiger partial charge on any atom is -0.481 e. The zero-order valence-corrected chi connectivity index (χ0v) is 57.4. The van der Waals surface area contributed by atoms with Gasteiger partial charge >= 0.3 is 5.97 Å². The molecule has 33 heteroatoms. The lowest BCUT2D eigenvalue weighted by Crippen LogP contribution is -2.62. The van der Waals surface area contributed by atoms with Gasteiger partial charge in [-0.15, -0.1) is 11.8 Å². The summed E-state index contributed by atoms with van der Waals surface area (Å²) in [5.74, 6) is -14.9. The summed E-state index contributed by atoms with van der Waals surface area (Å²) in [5, 5.41) is 41.0. The van der Waals surface area contributed by atoms with Crippen LogP contribution in [0.2, 0.25) is 0 Å². The molecule has 1 aliphatic rings. The Balaban J connectivity index is 1.77. The van der Waals surface area contributed by atoms with Gasteiger partial charge in [0.25, 0.3) is 0 Å². The summed E-state index contributed by atoms with van der Waals surface area (Å²) in [6, 6.07) is -0.0142. The highest BCUT2D eigenvalue weighted by Crippen LogP contribution is 2.15. The van der Waals surface area contributed by atoms with Gasteiger partial charge in [0.15, 0.2) is 5.96 Å². The molecule has 4 rings (SSSR count). The maximum absolute atomic E-state index is 14.5. The van der Waals surface area contributed by atoms with Crippen molar-refractivity contribution in [3.63, 3.8) is 0 Å². The normalized spacial score (nSPS) is 25.7. The Hall–Kier alpha value is -9.95. The van der Waals surface area contributed by atoms with E-state index >= 15 is 0 Å². The molecular weight excluding hydrogens is 1290 g/mol. The predicted octanol–water partition coefficient (Wildman–Crippen LogP) is -2.46. The van der Waals surface area contributed by atoms with E-state index < -0.39 is 174 Å². The van der Waals surface area contributed by atoms with Gasteiger partial charge in [-0.3, -0.25) is 67.3 Å². The number of imidazole rings is 1. The van der Waals surface area contributed by atoms with E-state index in [1.165, 1.54) is 33.3 Å². The van der Waals surface area contributed by atoms with Gasteiger partial charge in [-0.25, -0.2) is 4.98 Å². The van der Waals surface area contributed by atoms with Gasteiger partial charge in [0.1, 0.15) is 72.7 Å². The molecule has 1 aliphatic heterocycles. The molecule has 14 atom stereocenters. The molecule has 98 heavy (non-hydrogen) atoms. The van der Waals surface area contributed by atoms with Crippen LogP contribution >= 0.6 is 11.8 Å². The maximum atomic E-state index is 14.5. The SMILES string of the molecule is CC[C@H](C)[C@@H]1NC(=O)[C@H](C)NC(=O)[C@H](Cc2ccccc2)NC(=O)CSC[C@@H](C=O)NC(=O)[C@H](CCCN=C(N)N)NC(=O)[C@H](Cc2ccccc2)NC(=O)[C@H](C(C)C)NC(=O)[C@H](C)NC(=O)[C@H](CC(=O)O)NC(=O)[C@H](Cc2cnc[nH]2)NC(=O)[C@H]([C@@H](C)CC)NC(=O)[C@H](C)NC1=O. The average molecular weight is 1390 g/mol. The van der Waals surface area contributed by atoms with Crippen molar-refractivity contribution >= 4 is 101 Å². The number of aromatic nitrogens is 2. The number of carbonyl (C=O) groups is 14. The first-order valence-corrected chi connectivity index (χ1v) is 33.6. The van der Waals surface area contributed by atoms with E-state index in [1.54, 1.807) is 102 Å². The summed E-state index contributed by atoms with van der Waals surface area (Å²) in [5.41, 5.74) is 12.6. The highest BCUT2D eigenvalue weighted by atomic mass is 32.2. The van der Waals surface area contributed by atoms with Gasteiger partial charge in [-0.1, -0.05) is 115 Å². The smallest absolute Gasteiger partial charge is 0.305 e. The number of hydrogen-bond acceptors (Lipinski definition) is 17. The fourth-order valence-electron chi connectivity index (χ4n) is 9.98. The Bertz CT molecular complexity index is 3250. The second-order valence-electron chi connectivity index (χ2n) is 24.5. The van der Waals surface area contributed by atoms with Crippen molar-refractivity contribution in [2.45, 2.75) is 186 Å². The van der Waals surface area contributed by atoms with Crippen LogP contribution in [0.15, 0.2) is 78.2 Å². The van der Waals surface area contributed by atoms with E-state index in [2.05, 4.69) is 78.8 Å². The number of thioether (sulfide) groups is 1. The summed E-state index contributed by atoms with van der Waals surface area (Å²) in [4.78, 5) is 205. The van der Waals surface area contributed by atoms with Crippen molar-refractivity contribution in [3.05, 3.63) is 90.0 Å². The number of rotatable bonds is 18. The highest BCUT2D eigenvalue weighted by Gasteiger charge is 2.38. The molecule has 1 saturated heterocycles. The molecule has 1 aromatic heterocycles. The van der Waals surface area contributed by atoms with Gasteiger partial charge in [-0.2, -0.15) is 0 Å². The van der Waals surface area contributed by atoms with Gasteiger partial charge in [0, 0.05) is 43.5 Å². The first kappa shape index (κ1) is 80.5. The van der Waals surface area contributed by atoms with Crippen molar-refractivity contribution < 1.29 is 72.2 Å². The molecular formula is C65H95N17O15S. The van der Waals surface area contributed by atoms with E-state index in [4.69, 9.17) is 11.5 Å². The number of benzene rings is 2. The lowest BCUT2D eigenvalue weighted by atomic mass is 9.96. The lowest BCUT2D eigenvalue weighted by molar-refractivity contribution is -0.141. The number of amides is 12. The van der Waals surface area contributed by atoms with Crippen molar-refractivity contribution in [1.82, 2.24) is 73.8 Å². The Morgan fingerprint density at radius 1 is 0.551 bits per heavy atom. The lowest BCUT2D eigenvalue weighted by Gasteiger charge is -2.29. The van der Waals surface area contributed by atoms with Gasteiger partial charge in [-0.05, 0) is 62.5 Å². The number of aldehydes is 1. The third kappa shape index (κ3) is 26.9. The average Bonchev–Trinajstić information content (AvgIpc) is 0.971. The predicted molar refractivity (Wildman–Crippen MR) is 362 cm³/mol. The summed E-state index contributed by atoms with van der Waals surface area (Å²) in [6.45, 7) is 13.9.